The van der Waals surface area contributed by atoms with Crippen LogP contribution in [0.1, 0.15) is 24.8 Å². The van der Waals surface area contributed by atoms with Crippen LogP contribution >= 0.6 is 12.2 Å². The highest BCUT2D eigenvalue weighted by molar-refractivity contribution is 7.80. The third-order valence-corrected chi connectivity index (χ3v) is 7.11. The van der Waals surface area contributed by atoms with Crippen molar-refractivity contribution < 1.29 is 18.9 Å². The number of benzene rings is 1. The Bertz CT molecular complexity index is 1080. The fourth-order valence-electron chi connectivity index (χ4n) is 4.80. The zero-order valence-corrected chi connectivity index (χ0v) is 20.9. The minimum absolute atomic E-state index is 0.123. The Hall–Kier alpha value is -2.40. The highest BCUT2D eigenvalue weighted by Gasteiger charge is 2.22. The van der Waals surface area contributed by atoms with Crippen LogP contribution in [0.15, 0.2) is 23.0 Å². The fourth-order valence-corrected chi connectivity index (χ4v) is 5.04. The Kier molecular flexibility index (Phi) is 8.02. The van der Waals surface area contributed by atoms with E-state index in [1.54, 1.807) is 0 Å². The van der Waals surface area contributed by atoms with Crippen LogP contribution in [0, 0.1) is 0 Å². The molecule has 2 aromatic rings. The number of nitrogens with one attached hydrogen (secondary N) is 2. The molecule has 190 valence electrons. The molecular weight excluding hydrogens is 468 g/mol. The van der Waals surface area contributed by atoms with Gasteiger partial charge in [-0.25, -0.2) is 0 Å². The van der Waals surface area contributed by atoms with E-state index in [0.717, 1.165) is 76.2 Å². The predicted octanol–water partition coefficient (Wildman–Crippen LogP) is 1.88. The number of morpholine rings is 1. The Morgan fingerprint density at radius 1 is 1.11 bits per heavy atom. The lowest BCUT2D eigenvalue weighted by Gasteiger charge is -2.29. The molecule has 1 unspecified atom stereocenters. The number of H-pyrrole nitrogens is 1. The van der Waals surface area contributed by atoms with Gasteiger partial charge in [0.1, 0.15) is 13.2 Å². The first-order chi connectivity index (χ1) is 17.2. The average molecular weight is 503 g/mol. The largest absolute Gasteiger partial charge is 0.486 e. The number of nitrogens with zero attached hydrogens (tertiary/aromatic N) is 2. The summed E-state index contributed by atoms with van der Waals surface area (Å²) in [6, 6.07) is 5.69. The summed E-state index contributed by atoms with van der Waals surface area (Å²) in [6.45, 7) is 8.28. The van der Waals surface area contributed by atoms with E-state index < -0.39 is 0 Å². The van der Waals surface area contributed by atoms with Crippen LogP contribution in [0.2, 0.25) is 0 Å². The highest BCUT2D eigenvalue weighted by atomic mass is 32.1. The lowest BCUT2D eigenvalue weighted by atomic mass is 10.1. The van der Waals surface area contributed by atoms with Crippen LogP contribution in [-0.2, 0) is 16.0 Å². The van der Waals surface area contributed by atoms with Crippen LogP contribution in [0.5, 0.6) is 11.5 Å². The first-order valence-electron chi connectivity index (χ1n) is 12.6. The van der Waals surface area contributed by atoms with Crippen molar-refractivity contribution in [3.8, 4) is 11.5 Å². The summed E-state index contributed by atoms with van der Waals surface area (Å²) in [4.78, 5) is 20.5. The predicted molar refractivity (Wildman–Crippen MR) is 137 cm³/mol. The Labute approximate surface area is 210 Å². The lowest BCUT2D eigenvalue weighted by molar-refractivity contribution is 0.0375. The number of pyridine rings is 1. The molecule has 3 aliphatic heterocycles. The van der Waals surface area contributed by atoms with Crippen LogP contribution in [-0.4, -0.2) is 91.8 Å². The Morgan fingerprint density at radius 3 is 2.69 bits per heavy atom. The summed E-state index contributed by atoms with van der Waals surface area (Å²) < 4.78 is 22.7. The quantitative estimate of drug-likeness (QED) is 0.415. The summed E-state index contributed by atoms with van der Waals surface area (Å²) in [5.74, 6) is 1.37. The van der Waals surface area contributed by atoms with Gasteiger partial charge in [-0.2, -0.15) is 0 Å². The number of hydrogen-bond acceptors (Lipinski definition) is 7. The van der Waals surface area contributed by atoms with E-state index in [1.807, 2.05) is 18.2 Å². The molecule has 1 atom stereocenters. The van der Waals surface area contributed by atoms with Crippen molar-refractivity contribution in [2.75, 3.05) is 65.8 Å². The molecule has 0 spiro atoms. The van der Waals surface area contributed by atoms with Gasteiger partial charge in [0.2, 0.25) is 0 Å². The molecule has 5 rings (SSSR count). The molecule has 9 nitrogen and oxygen atoms in total. The summed E-state index contributed by atoms with van der Waals surface area (Å²) in [5, 5.41) is 4.97. The number of fused-ring (bicyclic) bond motifs is 2. The van der Waals surface area contributed by atoms with Crippen LogP contribution in [0.25, 0.3) is 10.9 Å². The molecule has 4 heterocycles. The van der Waals surface area contributed by atoms with Crippen LogP contribution in [0.3, 0.4) is 0 Å². The van der Waals surface area contributed by atoms with Gasteiger partial charge in [-0.15, -0.1) is 0 Å². The van der Waals surface area contributed by atoms with E-state index in [0.29, 0.717) is 48.5 Å². The smallest absolute Gasteiger partial charge is 0.253 e. The highest BCUT2D eigenvalue weighted by Crippen LogP contribution is 2.33. The molecule has 2 saturated heterocycles. The fraction of sp³-hybridized carbons (Fsp3) is 0.600. The van der Waals surface area contributed by atoms with E-state index in [9.17, 15) is 4.79 Å². The van der Waals surface area contributed by atoms with Gasteiger partial charge in [-0.3, -0.25) is 9.69 Å². The van der Waals surface area contributed by atoms with Crippen molar-refractivity contribution >= 4 is 28.2 Å². The van der Waals surface area contributed by atoms with Crippen molar-refractivity contribution in [3.63, 3.8) is 0 Å². The number of aromatic amines is 1. The summed E-state index contributed by atoms with van der Waals surface area (Å²) in [6.07, 6.45) is 3.19. The Balaban J connectivity index is 1.26. The van der Waals surface area contributed by atoms with Gasteiger partial charge in [-0.1, -0.05) is 0 Å². The molecule has 0 amide bonds. The van der Waals surface area contributed by atoms with Gasteiger partial charge in [0.15, 0.2) is 16.6 Å². The summed E-state index contributed by atoms with van der Waals surface area (Å²) in [5.41, 5.74) is 1.27. The van der Waals surface area contributed by atoms with Gasteiger partial charge < -0.3 is 34.1 Å². The van der Waals surface area contributed by atoms with Crippen molar-refractivity contribution in [2.24, 2.45) is 0 Å². The minimum Gasteiger partial charge on any atom is -0.486 e. The second kappa shape index (κ2) is 11.6. The number of aromatic nitrogens is 1. The molecule has 1 aromatic heterocycles. The molecule has 0 radical (unpaired) electrons. The molecule has 10 heteroatoms. The van der Waals surface area contributed by atoms with Gasteiger partial charge in [0.05, 0.1) is 31.4 Å². The third-order valence-electron chi connectivity index (χ3n) is 6.71. The van der Waals surface area contributed by atoms with Gasteiger partial charge in [-0.05, 0) is 50.2 Å². The number of thiocarbonyl (C=S) groups is 1. The molecular formula is C25H34N4O5S. The maximum Gasteiger partial charge on any atom is 0.253 e. The first-order valence-corrected chi connectivity index (χ1v) is 13.0. The normalized spacial score (nSPS) is 20.2. The molecule has 2 N–H and O–H groups in total. The van der Waals surface area contributed by atoms with Crippen molar-refractivity contribution in [3.05, 3.63) is 34.1 Å². The zero-order chi connectivity index (χ0) is 24.0. The number of hydrogen-bond donors (Lipinski definition) is 2. The zero-order valence-electron chi connectivity index (χ0n) is 20.1. The molecule has 0 saturated carbocycles. The SMILES string of the molecule is O=c1[nH]c2cc3c(cc2cc1CN(CC1CCCO1)C(=S)NCCCN1CCOCC1)OCCO3. The topological polar surface area (TPSA) is 88.3 Å². The van der Waals surface area contributed by atoms with E-state index in [1.165, 1.54) is 0 Å². The standard InChI is InChI=1S/C25H34N4O5S/c30-24-19(13-18-14-22-23(15-21(18)27-24)34-12-11-33-22)16-29(17-20-3-1-8-32-20)25(35)26-4-2-5-28-6-9-31-10-7-28/h13-15,20H,1-12,16-17H2,(H,26,35)(H,27,30). The molecule has 0 aliphatic carbocycles. The number of ether oxygens (including phenoxy) is 4. The molecule has 1 aromatic carbocycles. The van der Waals surface area contributed by atoms with E-state index >= 15 is 0 Å². The summed E-state index contributed by atoms with van der Waals surface area (Å²) >= 11 is 5.78. The second-order valence-corrected chi connectivity index (χ2v) is 9.65. The van der Waals surface area contributed by atoms with Crippen LogP contribution < -0.4 is 20.3 Å². The van der Waals surface area contributed by atoms with E-state index in [2.05, 4.69) is 20.1 Å². The van der Waals surface area contributed by atoms with E-state index in [4.69, 9.17) is 31.2 Å². The molecule has 0 bridgehead atoms. The summed E-state index contributed by atoms with van der Waals surface area (Å²) in [7, 11) is 0. The average Bonchev–Trinajstić information content (AvgIpc) is 3.39. The van der Waals surface area contributed by atoms with E-state index in [-0.39, 0.29) is 11.7 Å². The Morgan fingerprint density at radius 2 is 1.91 bits per heavy atom. The van der Waals surface area contributed by atoms with Crippen molar-refractivity contribution in [1.82, 2.24) is 20.1 Å². The molecule has 2 fully saturated rings. The third kappa shape index (κ3) is 6.24. The maximum absolute atomic E-state index is 13.0. The monoisotopic (exact) mass is 502 g/mol. The van der Waals surface area contributed by atoms with Crippen molar-refractivity contribution in [2.45, 2.75) is 31.9 Å². The minimum atomic E-state index is -0.123. The molecule has 35 heavy (non-hydrogen) atoms. The first kappa shape index (κ1) is 24.3. The van der Waals surface area contributed by atoms with Crippen LogP contribution in [0.4, 0.5) is 0 Å². The van der Waals surface area contributed by atoms with Gasteiger partial charge in [0.25, 0.3) is 5.56 Å². The maximum atomic E-state index is 13.0. The lowest BCUT2D eigenvalue weighted by Crippen LogP contribution is -2.45. The second-order valence-electron chi connectivity index (χ2n) is 9.26. The van der Waals surface area contributed by atoms with Gasteiger partial charge >= 0.3 is 0 Å². The van der Waals surface area contributed by atoms with Gasteiger partial charge in [0, 0.05) is 49.8 Å². The molecule has 3 aliphatic rings. The number of rotatable bonds is 8. The van der Waals surface area contributed by atoms with Crippen molar-refractivity contribution in [1.29, 1.82) is 0 Å².